The zero-order chi connectivity index (χ0) is 11.0. The van der Waals surface area contributed by atoms with Crippen LogP contribution in [0.3, 0.4) is 0 Å². The molecule has 0 atom stereocenters. The largest absolute Gasteiger partial charge is 0.301 e. The van der Waals surface area contributed by atoms with Crippen LogP contribution in [0.5, 0.6) is 0 Å². The van der Waals surface area contributed by atoms with Crippen molar-refractivity contribution in [2.45, 2.75) is 39.5 Å². The van der Waals surface area contributed by atoms with Crippen molar-refractivity contribution in [2.24, 2.45) is 0 Å². The standard InChI is InChI=1S/C13H18N2/c1-9(2)11-6-5-7-13-14-8-12(10(3)4)15(11)13/h5-10H,1-4H3. The zero-order valence-electron chi connectivity index (χ0n) is 9.86. The lowest BCUT2D eigenvalue weighted by Crippen LogP contribution is -2.03. The van der Waals surface area contributed by atoms with E-state index in [1.54, 1.807) is 0 Å². The summed E-state index contributed by atoms with van der Waals surface area (Å²) in [5.74, 6) is 1.04. The Morgan fingerprint density at radius 2 is 1.67 bits per heavy atom. The van der Waals surface area contributed by atoms with E-state index in [1.807, 2.05) is 6.20 Å². The Hall–Kier alpha value is -1.31. The molecule has 2 rings (SSSR count). The smallest absolute Gasteiger partial charge is 0.137 e. The molecule has 0 saturated carbocycles. The van der Waals surface area contributed by atoms with Gasteiger partial charge in [0.15, 0.2) is 0 Å². The minimum atomic E-state index is 0.514. The molecule has 0 aliphatic rings. The average molecular weight is 202 g/mol. The molecule has 0 spiro atoms. The first-order valence-corrected chi connectivity index (χ1v) is 5.57. The predicted molar refractivity (Wildman–Crippen MR) is 63.4 cm³/mol. The molecule has 80 valence electrons. The van der Waals surface area contributed by atoms with E-state index in [0.29, 0.717) is 11.8 Å². The SMILES string of the molecule is CC(C)c1cccc2ncc(C(C)C)n12. The lowest BCUT2D eigenvalue weighted by Gasteiger charge is -2.13. The summed E-state index contributed by atoms with van der Waals surface area (Å²) in [4.78, 5) is 4.45. The molecule has 0 fully saturated rings. The Labute approximate surface area is 91.0 Å². The van der Waals surface area contributed by atoms with Gasteiger partial charge in [0.1, 0.15) is 5.65 Å². The Morgan fingerprint density at radius 3 is 2.27 bits per heavy atom. The third-order valence-corrected chi connectivity index (χ3v) is 2.77. The van der Waals surface area contributed by atoms with Crippen LogP contribution in [0, 0.1) is 0 Å². The second-order valence-corrected chi connectivity index (χ2v) is 4.64. The highest BCUT2D eigenvalue weighted by Gasteiger charge is 2.11. The van der Waals surface area contributed by atoms with E-state index < -0.39 is 0 Å². The van der Waals surface area contributed by atoms with Crippen molar-refractivity contribution in [3.8, 4) is 0 Å². The summed E-state index contributed by atoms with van der Waals surface area (Å²) in [5, 5.41) is 0. The average Bonchev–Trinajstić information content (AvgIpc) is 2.60. The van der Waals surface area contributed by atoms with Gasteiger partial charge in [-0.1, -0.05) is 33.8 Å². The summed E-state index contributed by atoms with van der Waals surface area (Å²) in [5.41, 5.74) is 3.70. The van der Waals surface area contributed by atoms with Crippen LogP contribution in [0.4, 0.5) is 0 Å². The van der Waals surface area contributed by atoms with Crippen LogP contribution in [0.2, 0.25) is 0 Å². The number of nitrogens with zero attached hydrogens (tertiary/aromatic N) is 2. The van der Waals surface area contributed by atoms with E-state index in [1.165, 1.54) is 11.4 Å². The summed E-state index contributed by atoms with van der Waals surface area (Å²) in [6.45, 7) is 8.86. The van der Waals surface area contributed by atoms with Gasteiger partial charge in [-0.3, -0.25) is 0 Å². The van der Waals surface area contributed by atoms with Crippen LogP contribution in [0.15, 0.2) is 24.4 Å². The second-order valence-electron chi connectivity index (χ2n) is 4.64. The van der Waals surface area contributed by atoms with E-state index in [-0.39, 0.29) is 0 Å². The molecule has 0 aliphatic heterocycles. The maximum absolute atomic E-state index is 4.45. The fraction of sp³-hybridized carbons (Fsp3) is 0.462. The van der Waals surface area contributed by atoms with Gasteiger partial charge in [-0.05, 0) is 24.0 Å². The highest BCUT2D eigenvalue weighted by atomic mass is 15.0. The summed E-state index contributed by atoms with van der Waals surface area (Å²) >= 11 is 0. The number of imidazole rings is 1. The van der Waals surface area contributed by atoms with Crippen molar-refractivity contribution in [2.75, 3.05) is 0 Å². The van der Waals surface area contributed by atoms with E-state index in [2.05, 4.69) is 55.3 Å². The Morgan fingerprint density at radius 1 is 1.00 bits per heavy atom. The molecule has 0 aliphatic carbocycles. The monoisotopic (exact) mass is 202 g/mol. The fourth-order valence-corrected chi connectivity index (χ4v) is 1.94. The minimum absolute atomic E-state index is 0.514. The van der Waals surface area contributed by atoms with Gasteiger partial charge in [0.05, 0.1) is 0 Å². The molecule has 0 aromatic carbocycles. The molecule has 2 aromatic rings. The number of fused-ring (bicyclic) bond motifs is 1. The van der Waals surface area contributed by atoms with Crippen LogP contribution < -0.4 is 0 Å². The number of pyridine rings is 1. The van der Waals surface area contributed by atoms with E-state index in [9.17, 15) is 0 Å². The first kappa shape index (κ1) is 10.2. The van der Waals surface area contributed by atoms with Crippen LogP contribution in [0.25, 0.3) is 5.65 Å². The van der Waals surface area contributed by atoms with Gasteiger partial charge < -0.3 is 4.40 Å². The molecule has 0 radical (unpaired) electrons. The van der Waals surface area contributed by atoms with Crippen molar-refractivity contribution < 1.29 is 0 Å². The number of rotatable bonds is 2. The Bertz CT molecular complexity index is 466. The van der Waals surface area contributed by atoms with Crippen molar-refractivity contribution >= 4 is 5.65 Å². The van der Waals surface area contributed by atoms with Crippen LogP contribution in [-0.2, 0) is 0 Å². The van der Waals surface area contributed by atoms with Crippen molar-refractivity contribution in [3.63, 3.8) is 0 Å². The molecule has 0 unspecified atom stereocenters. The molecular weight excluding hydrogens is 184 g/mol. The third kappa shape index (κ3) is 1.65. The van der Waals surface area contributed by atoms with Crippen molar-refractivity contribution in [1.29, 1.82) is 0 Å². The Balaban J connectivity index is 2.75. The normalized spacial score (nSPS) is 11.9. The van der Waals surface area contributed by atoms with Crippen molar-refractivity contribution in [1.82, 2.24) is 9.38 Å². The Kier molecular flexibility index (Phi) is 2.51. The quantitative estimate of drug-likeness (QED) is 0.727. The first-order chi connectivity index (χ1) is 7.11. The highest BCUT2D eigenvalue weighted by molar-refractivity contribution is 5.43. The maximum atomic E-state index is 4.45. The lowest BCUT2D eigenvalue weighted by atomic mass is 10.1. The molecule has 2 heterocycles. The van der Waals surface area contributed by atoms with E-state index >= 15 is 0 Å². The molecule has 2 heteroatoms. The van der Waals surface area contributed by atoms with Gasteiger partial charge in [0.25, 0.3) is 0 Å². The fourth-order valence-electron chi connectivity index (χ4n) is 1.94. The molecule has 0 bridgehead atoms. The van der Waals surface area contributed by atoms with Gasteiger partial charge in [0, 0.05) is 17.6 Å². The summed E-state index contributed by atoms with van der Waals surface area (Å²) in [7, 11) is 0. The van der Waals surface area contributed by atoms with Gasteiger partial charge in [0.2, 0.25) is 0 Å². The lowest BCUT2D eigenvalue weighted by molar-refractivity contribution is 0.744. The highest BCUT2D eigenvalue weighted by Crippen LogP contribution is 2.22. The zero-order valence-corrected chi connectivity index (χ0v) is 9.86. The molecule has 2 nitrogen and oxygen atoms in total. The topological polar surface area (TPSA) is 17.3 Å². The van der Waals surface area contributed by atoms with Gasteiger partial charge >= 0.3 is 0 Å². The van der Waals surface area contributed by atoms with Crippen molar-refractivity contribution in [3.05, 3.63) is 35.8 Å². The van der Waals surface area contributed by atoms with Gasteiger partial charge in [-0.2, -0.15) is 0 Å². The number of aromatic nitrogens is 2. The molecule has 0 saturated heterocycles. The van der Waals surface area contributed by atoms with Gasteiger partial charge in [-0.15, -0.1) is 0 Å². The molecular formula is C13H18N2. The first-order valence-electron chi connectivity index (χ1n) is 5.57. The molecule has 0 amide bonds. The van der Waals surface area contributed by atoms with Gasteiger partial charge in [-0.25, -0.2) is 4.98 Å². The third-order valence-electron chi connectivity index (χ3n) is 2.77. The molecule has 2 aromatic heterocycles. The van der Waals surface area contributed by atoms with Crippen LogP contribution in [-0.4, -0.2) is 9.38 Å². The summed E-state index contributed by atoms with van der Waals surface area (Å²) in [6.07, 6.45) is 1.99. The number of hydrogen-bond acceptors (Lipinski definition) is 1. The molecule has 15 heavy (non-hydrogen) atoms. The summed E-state index contributed by atoms with van der Waals surface area (Å²) in [6, 6.07) is 6.34. The number of hydrogen-bond donors (Lipinski definition) is 0. The van der Waals surface area contributed by atoms with E-state index in [4.69, 9.17) is 0 Å². The van der Waals surface area contributed by atoms with Crippen LogP contribution >= 0.6 is 0 Å². The second kappa shape index (κ2) is 3.69. The predicted octanol–water partition coefficient (Wildman–Crippen LogP) is 3.58. The minimum Gasteiger partial charge on any atom is -0.301 e. The molecule has 0 N–H and O–H groups in total. The summed E-state index contributed by atoms with van der Waals surface area (Å²) < 4.78 is 2.29. The van der Waals surface area contributed by atoms with E-state index in [0.717, 1.165) is 5.65 Å². The maximum Gasteiger partial charge on any atom is 0.137 e. The van der Waals surface area contributed by atoms with Crippen LogP contribution in [0.1, 0.15) is 50.9 Å².